The Hall–Kier alpha value is -3.97. The number of amides is 1. The van der Waals surface area contributed by atoms with Crippen molar-refractivity contribution in [1.29, 1.82) is 0 Å². The second kappa shape index (κ2) is 12.0. The molecule has 196 valence electrons. The maximum atomic E-state index is 12.9. The van der Waals surface area contributed by atoms with Gasteiger partial charge >= 0.3 is 0 Å². The molecule has 5 rings (SSSR count). The predicted octanol–water partition coefficient (Wildman–Crippen LogP) is 5.59. The van der Waals surface area contributed by atoms with Gasteiger partial charge in [0, 0.05) is 23.2 Å². The average molecular weight is 511 g/mol. The molecule has 0 radical (unpaired) electrons. The first-order valence-corrected chi connectivity index (χ1v) is 13.3. The monoisotopic (exact) mass is 510 g/mol. The Morgan fingerprint density at radius 2 is 1.37 bits per heavy atom. The van der Waals surface area contributed by atoms with Gasteiger partial charge in [-0.25, -0.2) is 9.97 Å². The molecule has 38 heavy (non-hydrogen) atoms. The maximum absolute atomic E-state index is 12.9. The summed E-state index contributed by atoms with van der Waals surface area (Å²) in [4.78, 5) is 25.4. The molecule has 0 saturated carbocycles. The Labute approximate surface area is 223 Å². The van der Waals surface area contributed by atoms with Gasteiger partial charge in [-0.15, -0.1) is 0 Å². The van der Waals surface area contributed by atoms with Gasteiger partial charge in [0.25, 0.3) is 5.91 Å². The summed E-state index contributed by atoms with van der Waals surface area (Å²) in [6.45, 7) is 4.04. The fourth-order valence-corrected chi connectivity index (χ4v) is 4.89. The van der Waals surface area contributed by atoms with E-state index in [9.17, 15) is 4.79 Å². The number of ether oxygens (including phenoxy) is 2. The first kappa shape index (κ1) is 25.7. The third-order valence-electron chi connectivity index (χ3n) is 7.04. The van der Waals surface area contributed by atoms with Crippen molar-refractivity contribution in [2.24, 2.45) is 0 Å². The molecule has 0 aliphatic carbocycles. The SMILES string of the molecule is COc1ccc(-c2nc3ccc(C(=O)NCCCN4CCCCC4)cc3nc2-c2ccc(OC)cc2)cc1. The van der Waals surface area contributed by atoms with Crippen LogP contribution in [0.3, 0.4) is 0 Å². The minimum atomic E-state index is -0.0856. The summed E-state index contributed by atoms with van der Waals surface area (Å²) in [7, 11) is 3.30. The molecule has 1 saturated heterocycles. The number of carbonyl (C=O) groups excluding carboxylic acids is 1. The number of benzene rings is 3. The van der Waals surface area contributed by atoms with Crippen LogP contribution in [0.25, 0.3) is 33.5 Å². The standard InChI is InChI=1S/C31H34N4O3/c1-37-25-12-7-22(8-13-25)29-30(23-9-14-26(38-2)15-10-23)34-28-21-24(11-16-27(28)33-29)31(36)32-17-6-20-35-18-4-3-5-19-35/h7-16,21H,3-6,17-20H2,1-2H3,(H,32,36). The molecule has 1 amide bonds. The van der Waals surface area contributed by atoms with E-state index < -0.39 is 0 Å². The van der Waals surface area contributed by atoms with Crippen LogP contribution in [0.2, 0.25) is 0 Å². The molecule has 2 heterocycles. The zero-order chi connectivity index (χ0) is 26.3. The van der Waals surface area contributed by atoms with Crippen molar-refractivity contribution >= 4 is 16.9 Å². The normalized spacial score (nSPS) is 13.8. The van der Waals surface area contributed by atoms with Crippen LogP contribution in [-0.2, 0) is 0 Å². The lowest BCUT2D eigenvalue weighted by atomic mass is 10.0. The number of likely N-dealkylation sites (tertiary alicyclic amines) is 1. The van der Waals surface area contributed by atoms with Gasteiger partial charge in [-0.3, -0.25) is 4.79 Å². The molecule has 7 heteroatoms. The molecule has 1 aliphatic heterocycles. The molecule has 0 unspecified atom stereocenters. The number of carbonyl (C=O) groups is 1. The zero-order valence-corrected chi connectivity index (χ0v) is 22.1. The fourth-order valence-electron chi connectivity index (χ4n) is 4.89. The summed E-state index contributed by atoms with van der Waals surface area (Å²) in [6, 6.07) is 21.1. The lowest BCUT2D eigenvalue weighted by Crippen LogP contribution is -2.33. The Morgan fingerprint density at radius 1 is 0.789 bits per heavy atom. The molecular formula is C31H34N4O3. The summed E-state index contributed by atoms with van der Waals surface area (Å²) in [5, 5.41) is 3.07. The number of rotatable bonds is 9. The van der Waals surface area contributed by atoms with Gasteiger partial charge in [-0.05, 0) is 106 Å². The van der Waals surface area contributed by atoms with Crippen LogP contribution >= 0.6 is 0 Å². The highest BCUT2D eigenvalue weighted by atomic mass is 16.5. The van der Waals surface area contributed by atoms with Crippen molar-refractivity contribution in [2.75, 3.05) is 40.4 Å². The smallest absolute Gasteiger partial charge is 0.251 e. The van der Waals surface area contributed by atoms with E-state index in [-0.39, 0.29) is 5.91 Å². The van der Waals surface area contributed by atoms with Gasteiger partial charge in [-0.1, -0.05) is 6.42 Å². The first-order chi connectivity index (χ1) is 18.6. The van der Waals surface area contributed by atoms with E-state index in [2.05, 4.69) is 10.2 Å². The highest BCUT2D eigenvalue weighted by Gasteiger charge is 2.16. The van der Waals surface area contributed by atoms with E-state index >= 15 is 0 Å². The van der Waals surface area contributed by atoms with Gasteiger partial charge < -0.3 is 19.7 Å². The largest absolute Gasteiger partial charge is 0.497 e. The van der Waals surface area contributed by atoms with E-state index in [0.29, 0.717) is 17.6 Å². The summed E-state index contributed by atoms with van der Waals surface area (Å²) in [5.41, 5.74) is 5.34. The van der Waals surface area contributed by atoms with E-state index in [1.807, 2.05) is 66.7 Å². The lowest BCUT2D eigenvalue weighted by molar-refractivity contribution is 0.0951. The summed E-state index contributed by atoms with van der Waals surface area (Å²) >= 11 is 0. The van der Waals surface area contributed by atoms with Gasteiger partial charge in [0.15, 0.2) is 0 Å². The van der Waals surface area contributed by atoms with E-state index in [4.69, 9.17) is 19.4 Å². The molecule has 7 nitrogen and oxygen atoms in total. The van der Waals surface area contributed by atoms with E-state index in [1.54, 1.807) is 14.2 Å². The highest BCUT2D eigenvalue weighted by molar-refractivity contribution is 5.98. The minimum absolute atomic E-state index is 0.0856. The van der Waals surface area contributed by atoms with Crippen molar-refractivity contribution in [2.45, 2.75) is 25.7 Å². The predicted molar refractivity (Wildman–Crippen MR) is 151 cm³/mol. The second-order valence-electron chi connectivity index (χ2n) is 9.59. The van der Waals surface area contributed by atoms with Gasteiger partial charge in [0.1, 0.15) is 11.5 Å². The number of nitrogens with zero attached hydrogens (tertiary/aromatic N) is 3. The van der Waals surface area contributed by atoms with Crippen LogP contribution in [0.1, 0.15) is 36.0 Å². The van der Waals surface area contributed by atoms with Crippen molar-refractivity contribution in [3.63, 3.8) is 0 Å². The number of nitrogens with one attached hydrogen (secondary N) is 1. The highest BCUT2D eigenvalue weighted by Crippen LogP contribution is 2.33. The van der Waals surface area contributed by atoms with Crippen LogP contribution in [0, 0.1) is 0 Å². The molecule has 4 aromatic rings. The van der Waals surface area contributed by atoms with Crippen molar-refractivity contribution in [3.8, 4) is 34.0 Å². The Morgan fingerprint density at radius 3 is 1.95 bits per heavy atom. The second-order valence-corrected chi connectivity index (χ2v) is 9.59. The van der Waals surface area contributed by atoms with E-state index in [0.717, 1.165) is 52.5 Å². The third kappa shape index (κ3) is 5.94. The Bertz CT molecular complexity index is 1380. The zero-order valence-electron chi connectivity index (χ0n) is 22.1. The van der Waals surface area contributed by atoms with Crippen molar-refractivity contribution < 1.29 is 14.3 Å². The lowest BCUT2D eigenvalue weighted by Gasteiger charge is -2.26. The molecule has 0 spiro atoms. The molecule has 0 bridgehead atoms. The topological polar surface area (TPSA) is 76.6 Å². The number of hydrogen-bond donors (Lipinski definition) is 1. The summed E-state index contributed by atoms with van der Waals surface area (Å²) < 4.78 is 10.7. The molecule has 1 fully saturated rings. The van der Waals surface area contributed by atoms with Gasteiger partial charge in [0.2, 0.25) is 0 Å². The number of piperidine rings is 1. The quantitative estimate of drug-likeness (QED) is 0.296. The molecule has 0 atom stereocenters. The number of fused-ring (bicyclic) bond motifs is 1. The summed E-state index contributed by atoms with van der Waals surface area (Å²) in [6.07, 6.45) is 4.85. The Balaban J connectivity index is 1.41. The molecule has 1 N–H and O–H groups in total. The van der Waals surface area contributed by atoms with Crippen molar-refractivity contribution in [3.05, 3.63) is 72.3 Å². The third-order valence-corrected chi connectivity index (χ3v) is 7.04. The van der Waals surface area contributed by atoms with Crippen LogP contribution in [0.4, 0.5) is 0 Å². The minimum Gasteiger partial charge on any atom is -0.497 e. The average Bonchev–Trinajstić information content (AvgIpc) is 2.99. The van der Waals surface area contributed by atoms with Gasteiger partial charge in [-0.2, -0.15) is 0 Å². The van der Waals surface area contributed by atoms with Crippen LogP contribution in [-0.4, -0.2) is 61.2 Å². The van der Waals surface area contributed by atoms with Gasteiger partial charge in [0.05, 0.1) is 36.6 Å². The molecule has 1 aromatic heterocycles. The number of aromatic nitrogens is 2. The number of hydrogen-bond acceptors (Lipinski definition) is 6. The van der Waals surface area contributed by atoms with Crippen molar-refractivity contribution in [1.82, 2.24) is 20.2 Å². The molecular weight excluding hydrogens is 476 g/mol. The van der Waals surface area contributed by atoms with E-state index in [1.165, 1.54) is 32.4 Å². The van der Waals surface area contributed by atoms with Crippen LogP contribution in [0.15, 0.2) is 66.7 Å². The maximum Gasteiger partial charge on any atom is 0.251 e. The first-order valence-electron chi connectivity index (χ1n) is 13.3. The fraction of sp³-hybridized carbons (Fsp3) is 0.323. The number of methoxy groups -OCH3 is 2. The molecule has 3 aromatic carbocycles. The molecule has 1 aliphatic rings. The summed E-state index contributed by atoms with van der Waals surface area (Å²) in [5.74, 6) is 1.46. The van der Waals surface area contributed by atoms with Crippen LogP contribution in [0.5, 0.6) is 11.5 Å². The van der Waals surface area contributed by atoms with Crippen LogP contribution < -0.4 is 14.8 Å². The Kier molecular flexibility index (Phi) is 8.14.